The van der Waals surface area contributed by atoms with Gasteiger partial charge in [-0.1, -0.05) is 35.6 Å². The predicted molar refractivity (Wildman–Crippen MR) is 95.7 cm³/mol. The topological polar surface area (TPSA) is 54.0 Å². The van der Waals surface area contributed by atoms with E-state index in [4.69, 9.17) is 0 Å². The van der Waals surface area contributed by atoms with Crippen molar-refractivity contribution < 1.29 is 9.18 Å². The van der Waals surface area contributed by atoms with Crippen LogP contribution in [0.1, 0.15) is 20.9 Å². The summed E-state index contributed by atoms with van der Waals surface area (Å²) in [5.74, 6) is -0.530. The fourth-order valence-corrected chi connectivity index (χ4v) is 3.12. The van der Waals surface area contributed by atoms with E-state index >= 15 is 0 Å². The number of thiazole rings is 1. The highest BCUT2D eigenvalue weighted by Gasteiger charge is 2.16. The van der Waals surface area contributed by atoms with Gasteiger partial charge in [-0.05, 0) is 43.7 Å². The SMILES string of the molecule is Cc1ccccc1NC(=O)c1sc(Nc2cccc(F)c2)nc1C. The number of para-hydroxylation sites is 1. The minimum Gasteiger partial charge on any atom is -0.331 e. The summed E-state index contributed by atoms with van der Waals surface area (Å²) in [6, 6.07) is 13.7. The van der Waals surface area contributed by atoms with E-state index < -0.39 is 0 Å². The van der Waals surface area contributed by atoms with E-state index in [0.717, 1.165) is 11.3 Å². The number of halogens is 1. The maximum atomic E-state index is 13.2. The molecule has 3 rings (SSSR count). The maximum absolute atomic E-state index is 13.2. The van der Waals surface area contributed by atoms with E-state index in [-0.39, 0.29) is 11.7 Å². The molecule has 0 aliphatic rings. The van der Waals surface area contributed by atoms with Crippen LogP contribution in [0, 0.1) is 19.7 Å². The van der Waals surface area contributed by atoms with Crippen LogP contribution < -0.4 is 10.6 Å². The van der Waals surface area contributed by atoms with Crippen LogP contribution in [0.15, 0.2) is 48.5 Å². The number of rotatable bonds is 4. The van der Waals surface area contributed by atoms with Crippen LogP contribution in [0.3, 0.4) is 0 Å². The molecule has 0 aliphatic carbocycles. The summed E-state index contributed by atoms with van der Waals surface area (Å²) in [5.41, 5.74) is 2.99. The number of carbonyl (C=O) groups is 1. The number of nitrogens with zero attached hydrogens (tertiary/aromatic N) is 1. The Morgan fingerprint density at radius 3 is 2.67 bits per heavy atom. The summed E-state index contributed by atoms with van der Waals surface area (Å²) >= 11 is 1.24. The van der Waals surface area contributed by atoms with Gasteiger partial charge in [0.05, 0.1) is 5.69 Å². The van der Waals surface area contributed by atoms with Gasteiger partial charge in [0, 0.05) is 11.4 Å². The Labute approximate surface area is 143 Å². The van der Waals surface area contributed by atoms with Crippen molar-refractivity contribution in [3.05, 3.63) is 70.5 Å². The maximum Gasteiger partial charge on any atom is 0.267 e. The molecule has 0 saturated carbocycles. The molecular formula is C18H16FN3OS. The van der Waals surface area contributed by atoms with Crippen LogP contribution in [0.5, 0.6) is 0 Å². The number of anilines is 3. The molecule has 1 amide bonds. The van der Waals surface area contributed by atoms with Gasteiger partial charge in [0.15, 0.2) is 5.13 Å². The first-order chi connectivity index (χ1) is 11.5. The van der Waals surface area contributed by atoms with Gasteiger partial charge in [-0.25, -0.2) is 9.37 Å². The van der Waals surface area contributed by atoms with Gasteiger partial charge in [0.1, 0.15) is 10.7 Å². The molecule has 6 heteroatoms. The molecule has 0 saturated heterocycles. The Morgan fingerprint density at radius 1 is 1.12 bits per heavy atom. The molecule has 0 spiro atoms. The van der Waals surface area contributed by atoms with Crippen LogP contribution in [0.4, 0.5) is 20.9 Å². The van der Waals surface area contributed by atoms with Crippen LogP contribution in [-0.4, -0.2) is 10.9 Å². The van der Waals surface area contributed by atoms with Crippen molar-refractivity contribution in [1.82, 2.24) is 4.98 Å². The van der Waals surface area contributed by atoms with Crippen molar-refractivity contribution in [1.29, 1.82) is 0 Å². The van der Waals surface area contributed by atoms with E-state index in [1.165, 1.54) is 23.5 Å². The first-order valence-electron chi connectivity index (χ1n) is 7.40. The smallest absolute Gasteiger partial charge is 0.267 e. The molecule has 0 atom stereocenters. The Kier molecular flexibility index (Phi) is 4.57. The number of carbonyl (C=O) groups excluding carboxylic acids is 1. The quantitative estimate of drug-likeness (QED) is 0.710. The van der Waals surface area contributed by atoms with E-state index in [1.807, 2.05) is 31.2 Å². The summed E-state index contributed by atoms with van der Waals surface area (Å²) in [5, 5.41) is 6.47. The molecular weight excluding hydrogens is 325 g/mol. The number of benzene rings is 2. The second-order valence-corrected chi connectivity index (χ2v) is 6.34. The summed E-state index contributed by atoms with van der Waals surface area (Å²) in [4.78, 5) is 17.3. The van der Waals surface area contributed by atoms with Crippen molar-refractivity contribution in [3.63, 3.8) is 0 Å². The first kappa shape index (κ1) is 16.1. The van der Waals surface area contributed by atoms with Crippen LogP contribution >= 0.6 is 11.3 Å². The van der Waals surface area contributed by atoms with E-state index in [0.29, 0.717) is 21.4 Å². The van der Waals surface area contributed by atoms with Crippen molar-refractivity contribution in [2.75, 3.05) is 10.6 Å². The lowest BCUT2D eigenvalue weighted by Crippen LogP contribution is -2.12. The minimum atomic E-state index is -0.328. The van der Waals surface area contributed by atoms with E-state index in [1.54, 1.807) is 19.1 Å². The predicted octanol–water partition coefficient (Wildman–Crippen LogP) is 4.89. The third-order valence-corrected chi connectivity index (χ3v) is 4.54. The Morgan fingerprint density at radius 2 is 1.92 bits per heavy atom. The fraction of sp³-hybridized carbons (Fsp3) is 0.111. The number of aromatic nitrogens is 1. The molecule has 1 aromatic heterocycles. The molecule has 0 radical (unpaired) electrons. The van der Waals surface area contributed by atoms with Crippen molar-refractivity contribution >= 4 is 33.8 Å². The van der Waals surface area contributed by atoms with Gasteiger partial charge in [0.25, 0.3) is 5.91 Å². The molecule has 4 nitrogen and oxygen atoms in total. The van der Waals surface area contributed by atoms with Crippen LogP contribution in [0.25, 0.3) is 0 Å². The molecule has 24 heavy (non-hydrogen) atoms. The van der Waals surface area contributed by atoms with E-state index in [2.05, 4.69) is 15.6 Å². The zero-order chi connectivity index (χ0) is 17.1. The van der Waals surface area contributed by atoms with Gasteiger partial charge < -0.3 is 10.6 Å². The number of aryl methyl sites for hydroxylation is 2. The molecule has 0 fully saturated rings. The second-order valence-electron chi connectivity index (χ2n) is 5.34. The van der Waals surface area contributed by atoms with Gasteiger partial charge in [-0.2, -0.15) is 0 Å². The first-order valence-corrected chi connectivity index (χ1v) is 8.21. The number of hydrogen-bond donors (Lipinski definition) is 2. The molecule has 0 unspecified atom stereocenters. The minimum absolute atomic E-state index is 0.202. The lowest BCUT2D eigenvalue weighted by molar-refractivity contribution is 0.102. The number of nitrogens with one attached hydrogen (secondary N) is 2. The summed E-state index contributed by atoms with van der Waals surface area (Å²) < 4.78 is 13.2. The molecule has 2 N–H and O–H groups in total. The molecule has 1 heterocycles. The van der Waals surface area contributed by atoms with Gasteiger partial charge in [-0.15, -0.1) is 0 Å². The van der Waals surface area contributed by atoms with Gasteiger partial charge in [-0.3, -0.25) is 4.79 Å². The zero-order valence-corrected chi connectivity index (χ0v) is 14.1. The Bertz CT molecular complexity index is 891. The molecule has 0 bridgehead atoms. The molecule has 2 aromatic carbocycles. The molecule has 0 aliphatic heterocycles. The van der Waals surface area contributed by atoms with Crippen LogP contribution in [-0.2, 0) is 0 Å². The fourth-order valence-electron chi connectivity index (χ4n) is 2.24. The van der Waals surface area contributed by atoms with Crippen LogP contribution in [0.2, 0.25) is 0 Å². The van der Waals surface area contributed by atoms with Crippen molar-refractivity contribution in [2.45, 2.75) is 13.8 Å². The largest absolute Gasteiger partial charge is 0.331 e. The average molecular weight is 341 g/mol. The lowest BCUT2D eigenvalue weighted by atomic mass is 10.2. The monoisotopic (exact) mass is 341 g/mol. The Hall–Kier alpha value is -2.73. The van der Waals surface area contributed by atoms with Gasteiger partial charge in [0.2, 0.25) is 0 Å². The molecule has 122 valence electrons. The average Bonchev–Trinajstić information content (AvgIpc) is 2.90. The molecule has 3 aromatic rings. The Balaban J connectivity index is 1.78. The highest BCUT2D eigenvalue weighted by Crippen LogP contribution is 2.27. The number of hydrogen-bond acceptors (Lipinski definition) is 4. The van der Waals surface area contributed by atoms with Crippen molar-refractivity contribution in [2.24, 2.45) is 0 Å². The standard InChI is InChI=1S/C18H16FN3OS/c1-11-6-3-4-9-15(11)22-17(23)16-12(2)20-18(24-16)21-14-8-5-7-13(19)10-14/h3-10H,1-2H3,(H,20,21)(H,22,23). The summed E-state index contributed by atoms with van der Waals surface area (Å²) in [7, 11) is 0. The zero-order valence-electron chi connectivity index (χ0n) is 13.3. The third-order valence-electron chi connectivity index (χ3n) is 3.47. The summed E-state index contributed by atoms with van der Waals surface area (Å²) in [6.45, 7) is 3.71. The third kappa shape index (κ3) is 3.60. The van der Waals surface area contributed by atoms with E-state index in [9.17, 15) is 9.18 Å². The normalized spacial score (nSPS) is 10.5. The highest BCUT2D eigenvalue weighted by molar-refractivity contribution is 7.17. The lowest BCUT2D eigenvalue weighted by Gasteiger charge is -2.06. The van der Waals surface area contributed by atoms with Crippen molar-refractivity contribution in [3.8, 4) is 0 Å². The summed E-state index contributed by atoms with van der Waals surface area (Å²) in [6.07, 6.45) is 0. The number of amides is 1. The van der Waals surface area contributed by atoms with Gasteiger partial charge >= 0.3 is 0 Å². The second kappa shape index (κ2) is 6.80. The highest BCUT2D eigenvalue weighted by atomic mass is 32.1.